The van der Waals surface area contributed by atoms with Gasteiger partial charge in [-0.05, 0) is 72.6 Å². The fraction of sp³-hybridized carbons (Fsp3) is 0.450. The number of thiophene rings is 1. The van der Waals surface area contributed by atoms with E-state index in [1.807, 2.05) is 0 Å². The first-order valence-electron chi connectivity index (χ1n) is 9.13. The molecule has 1 N–H and O–H groups in total. The van der Waals surface area contributed by atoms with Crippen molar-refractivity contribution in [1.82, 2.24) is 10.2 Å². The molecule has 1 saturated heterocycles. The highest BCUT2D eigenvalue weighted by molar-refractivity contribution is 7.07. The minimum atomic E-state index is -0.102. The predicted molar refractivity (Wildman–Crippen MR) is 107 cm³/mol. The van der Waals surface area contributed by atoms with E-state index in [1.165, 1.54) is 31.2 Å². The van der Waals surface area contributed by atoms with Gasteiger partial charge in [-0.3, -0.25) is 9.69 Å². The summed E-state index contributed by atoms with van der Waals surface area (Å²) in [6, 6.07) is 9.43. The number of ether oxygens (including phenoxy) is 1. The van der Waals surface area contributed by atoms with Crippen molar-refractivity contribution in [3.63, 3.8) is 0 Å². The second-order valence-electron chi connectivity index (χ2n) is 6.57. The molecule has 3 rings (SSSR count). The quantitative estimate of drug-likeness (QED) is 0.753. The van der Waals surface area contributed by atoms with Gasteiger partial charge in [0.2, 0.25) is 0 Å². The van der Waals surface area contributed by atoms with Crippen LogP contribution in [0, 0.1) is 0 Å². The van der Waals surface area contributed by atoms with Gasteiger partial charge in [-0.1, -0.05) is 24.4 Å². The van der Waals surface area contributed by atoms with E-state index in [9.17, 15) is 4.79 Å². The summed E-state index contributed by atoms with van der Waals surface area (Å²) in [6.07, 6.45) is 5.06. The molecule has 1 atom stereocenters. The highest BCUT2D eigenvalue weighted by Gasteiger charge is 2.22. The number of benzene rings is 1. The molecule has 1 amide bonds. The summed E-state index contributed by atoms with van der Waals surface area (Å²) in [6.45, 7) is 2.81. The van der Waals surface area contributed by atoms with Gasteiger partial charge in [0.1, 0.15) is 5.75 Å². The van der Waals surface area contributed by atoms with Crippen molar-refractivity contribution in [3.8, 4) is 5.75 Å². The van der Waals surface area contributed by atoms with E-state index in [0.29, 0.717) is 17.3 Å². The predicted octanol–water partition coefficient (Wildman–Crippen LogP) is 4.51. The molecule has 1 aliphatic rings. The van der Waals surface area contributed by atoms with Gasteiger partial charge in [-0.2, -0.15) is 11.3 Å². The largest absolute Gasteiger partial charge is 0.484 e. The van der Waals surface area contributed by atoms with Crippen LogP contribution in [0.15, 0.2) is 41.1 Å². The number of nitrogens with zero attached hydrogens (tertiary/aromatic N) is 1. The standard InChI is InChI=1S/C20H25ClN2O2S/c21-17-5-7-18(8-6-17)25-14-20(24)22-13-19(16-9-12-26-15-16)23-10-3-1-2-4-11-23/h5-9,12,15,19H,1-4,10-11,13-14H2,(H,22,24). The van der Waals surface area contributed by atoms with E-state index < -0.39 is 0 Å². The van der Waals surface area contributed by atoms with Crippen LogP contribution in [-0.4, -0.2) is 37.0 Å². The van der Waals surface area contributed by atoms with Gasteiger partial charge in [0.15, 0.2) is 6.61 Å². The third-order valence-electron chi connectivity index (χ3n) is 4.69. The third kappa shape index (κ3) is 5.73. The molecule has 1 aliphatic heterocycles. The van der Waals surface area contributed by atoms with Gasteiger partial charge in [0, 0.05) is 11.6 Å². The molecule has 0 aliphatic carbocycles. The Bertz CT molecular complexity index is 668. The van der Waals surface area contributed by atoms with Gasteiger partial charge < -0.3 is 10.1 Å². The molecule has 1 aromatic heterocycles. The number of hydrogen-bond acceptors (Lipinski definition) is 4. The molecule has 1 aromatic carbocycles. The summed E-state index contributed by atoms with van der Waals surface area (Å²) in [5, 5.41) is 7.98. The molecular formula is C20H25ClN2O2S. The number of likely N-dealkylation sites (tertiary alicyclic amines) is 1. The zero-order valence-corrected chi connectivity index (χ0v) is 16.4. The van der Waals surface area contributed by atoms with E-state index >= 15 is 0 Å². The molecule has 4 nitrogen and oxygen atoms in total. The highest BCUT2D eigenvalue weighted by Crippen LogP contribution is 2.25. The van der Waals surface area contributed by atoms with Crippen molar-refractivity contribution in [3.05, 3.63) is 51.7 Å². The molecule has 0 spiro atoms. The normalized spacial score (nSPS) is 16.7. The van der Waals surface area contributed by atoms with Crippen LogP contribution in [0.4, 0.5) is 0 Å². The Morgan fingerprint density at radius 3 is 2.54 bits per heavy atom. The fourth-order valence-corrected chi connectivity index (χ4v) is 4.10. The van der Waals surface area contributed by atoms with Crippen molar-refractivity contribution < 1.29 is 9.53 Å². The lowest BCUT2D eigenvalue weighted by molar-refractivity contribution is -0.123. The molecule has 1 fully saturated rings. The minimum absolute atomic E-state index is 0.0119. The maximum atomic E-state index is 12.2. The van der Waals surface area contributed by atoms with Crippen molar-refractivity contribution in [2.45, 2.75) is 31.7 Å². The summed E-state index contributed by atoms with van der Waals surface area (Å²) in [4.78, 5) is 14.7. The van der Waals surface area contributed by atoms with Gasteiger partial charge >= 0.3 is 0 Å². The monoisotopic (exact) mass is 392 g/mol. The molecule has 26 heavy (non-hydrogen) atoms. The Labute approximate surface area is 164 Å². The number of hydrogen-bond donors (Lipinski definition) is 1. The van der Waals surface area contributed by atoms with E-state index in [4.69, 9.17) is 16.3 Å². The Balaban J connectivity index is 1.53. The number of rotatable bonds is 7. The minimum Gasteiger partial charge on any atom is -0.484 e. The van der Waals surface area contributed by atoms with Crippen LogP contribution in [-0.2, 0) is 4.79 Å². The first kappa shape index (κ1) is 19.2. The Hall–Kier alpha value is -1.56. The van der Waals surface area contributed by atoms with Gasteiger partial charge in [-0.25, -0.2) is 0 Å². The maximum absolute atomic E-state index is 12.2. The van der Waals surface area contributed by atoms with Crippen molar-refractivity contribution in [2.75, 3.05) is 26.2 Å². The van der Waals surface area contributed by atoms with Crippen LogP contribution in [0.1, 0.15) is 37.3 Å². The van der Waals surface area contributed by atoms with Crippen LogP contribution in [0.3, 0.4) is 0 Å². The summed E-state index contributed by atoms with van der Waals surface area (Å²) >= 11 is 7.56. The average molecular weight is 393 g/mol. The highest BCUT2D eigenvalue weighted by atomic mass is 35.5. The number of carbonyl (C=O) groups is 1. The SMILES string of the molecule is O=C(COc1ccc(Cl)cc1)NCC(c1ccsc1)N1CCCCCC1. The molecule has 0 saturated carbocycles. The average Bonchev–Trinajstić information content (AvgIpc) is 3.04. The summed E-state index contributed by atoms with van der Waals surface area (Å²) in [7, 11) is 0. The van der Waals surface area contributed by atoms with E-state index in [1.54, 1.807) is 35.6 Å². The smallest absolute Gasteiger partial charge is 0.258 e. The lowest BCUT2D eigenvalue weighted by atomic mass is 10.1. The van der Waals surface area contributed by atoms with Crippen molar-refractivity contribution in [2.24, 2.45) is 0 Å². The lowest BCUT2D eigenvalue weighted by Crippen LogP contribution is -2.40. The molecule has 1 unspecified atom stereocenters. The van der Waals surface area contributed by atoms with Crippen LogP contribution in [0.2, 0.25) is 5.02 Å². The summed E-state index contributed by atoms with van der Waals surface area (Å²) < 4.78 is 5.53. The Morgan fingerprint density at radius 2 is 1.88 bits per heavy atom. The number of carbonyl (C=O) groups excluding carboxylic acids is 1. The van der Waals surface area contributed by atoms with Gasteiger partial charge in [0.05, 0.1) is 6.04 Å². The molecule has 0 radical (unpaired) electrons. The fourth-order valence-electron chi connectivity index (χ4n) is 3.27. The van der Waals surface area contributed by atoms with Crippen molar-refractivity contribution in [1.29, 1.82) is 0 Å². The van der Waals surface area contributed by atoms with Gasteiger partial charge in [0.25, 0.3) is 5.91 Å². The van der Waals surface area contributed by atoms with Gasteiger partial charge in [-0.15, -0.1) is 0 Å². The molecule has 6 heteroatoms. The Morgan fingerprint density at radius 1 is 1.15 bits per heavy atom. The number of halogens is 1. The second-order valence-corrected chi connectivity index (χ2v) is 7.79. The number of amides is 1. The lowest BCUT2D eigenvalue weighted by Gasteiger charge is -2.30. The topological polar surface area (TPSA) is 41.6 Å². The van der Waals surface area contributed by atoms with E-state index in [0.717, 1.165) is 13.1 Å². The maximum Gasteiger partial charge on any atom is 0.258 e. The second kappa shape index (κ2) is 9.95. The summed E-state index contributed by atoms with van der Waals surface area (Å²) in [5.41, 5.74) is 1.29. The zero-order chi connectivity index (χ0) is 18.2. The van der Waals surface area contributed by atoms with E-state index in [2.05, 4.69) is 27.0 Å². The molecular weight excluding hydrogens is 368 g/mol. The molecule has 2 heterocycles. The molecule has 0 bridgehead atoms. The zero-order valence-electron chi connectivity index (χ0n) is 14.8. The first-order valence-corrected chi connectivity index (χ1v) is 10.5. The van der Waals surface area contributed by atoms with E-state index in [-0.39, 0.29) is 18.6 Å². The first-order chi connectivity index (χ1) is 12.7. The van der Waals surface area contributed by atoms with Crippen molar-refractivity contribution >= 4 is 28.8 Å². The van der Waals surface area contributed by atoms with Crippen LogP contribution in [0.25, 0.3) is 0 Å². The summed E-state index contributed by atoms with van der Waals surface area (Å²) in [5.74, 6) is 0.543. The molecule has 140 valence electrons. The number of nitrogens with one attached hydrogen (secondary N) is 1. The molecule has 2 aromatic rings. The van der Waals surface area contributed by atoms with Crippen LogP contribution >= 0.6 is 22.9 Å². The third-order valence-corrected chi connectivity index (χ3v) is 5.64. The van der Waals surface area contributed by atoms with Crippen LogP contribution < -0.4 is 10.1 Å². The Kier molecular flexibility index (Phi) is 7.35. The van der Waals surface area contributed by atoms with Crippen LogP contribution in [0.5, 0.6) is 5.75 Å².